The van der Waals surface area contributed by atoms with Gasteiger partial charge < -0.3 is 10.3 Å². The summed E-state index contributed by atoms with van der Waals surface area (Å²) in [5.74, 6) is 1.32. The molecule has 2 heterocycles. The molecule has 0 aromatic carbocycles. The van der Waals surface area contributed by atoms with Gasteiger partial charge in [-0.15, -0.1) is 0 Å². The molecule has 20 heavy (non-hydrogen) atoms. The molecule has 2 N–H and O–H groups in total. The van der Waals surface area contributed by atoms with Gasteiger partial charge >= 0.3 is 0 Å². The Morgan fingerprint density at radius 2 is 2.10 bits per heavy atom. The lowest BCUT2D eigenvalue weighted by atomic mass is 9.84. The fraction of sp³-hybridized carbons (Fsp3) is 0.500. The van der Waals surface area contributed by atoms with Crippen LogP contribution >= 0.6 is 0 Å². The Morgan fingerprint density at radius 1 is 1.30 bits per heavy atom. The number of nitrogens with two attached hydrogens (primary N) is 1. The van der Waals surface area contributed by atoms with Gasteiger partial charge in [0, 0.05) is 17.8 Å². The van der Waals surface area contributed by atoms with Gasteiger partial charge in [0.2, 0.25) is 0 Å². The van der Waals surface area contributed by atoms with Gasteiger partial charge in [-0.1, -0.05) is 19.3 Å². The first-order valence-corrected chi connectivity index (χ1v) is 7.49. The molecule has 0 aliphatic heterocycles. The summed E-state index contributed by atoms with van der Waals surface area (Å²) >= 11 is 0. The summed E-state index contributed by atoms with van der Waals surface area (Å²) < 4.78 is 2.30. The second-order valence-electron chi connectivity index (χ2n) is 5.79. The highest BCUT2D eigenvalue weighted by atomic mass is 15.1. The van der Waals surface area contributed by atoms with Gasteiger partial charge in [-0.3, -0.25) is 0 Å². The third-order valence-corrected chi connectivity index (χ3v) is 4.51. The Balaban J connectivity index is 1.89. The topological polar surface area (TPSA) is 56.7 Å². The molecule has 106 valence electrons. The molecular weight excluding hydrogens is 248 g/mol. The summed E-state index contributed by atoms with van der Waals surface area (Å²) in [6, 6.07) is 4.40. The minimum atomic E-state index is 0.488. The predicted molar refractivity (Wildman–Crippen MR) is 81.2 cm³/mol. The smallest absolute Gasteiger partial charge is 0.123 e. The fourth-order valence-corrected chi connectivity index (χ4v) is 3.30. The van der Waals surface area contributed by atoms with Crippen molar-refractivity contribution in [2.75, 3.05) is 5.73 Å². The number of imidazole rings is 1. The van der Waals surface area contributed by atoms with E-state index in [0.29, 0.717) is 11.9 Å². The van der Waals surface area contributed by atoms with Crippen molar-refractivity contribution in [2.45, 2.75) is 45.1 Å². The molecular formula is C16H22N4. The Morgan fingerprint density at radius 3 is 2.85 bits per heavy atom. The first-order valence-electron chi connectivity index (χ1n) is 7.49. The number of hydrogen-bond donors (Lipinski definition) is 1. The summed E-state index contributed by atoms with van der Waals surface area (Å²) in [6.07, 6.45) is 12.4. The molecule has 1 unspecified atom stereocenters. The van der Waals surface area contributed by atoms with Crippen LogP contribution in [0, 0.1) is 5.92 Å². The van der Waals surface area contributed by atoms with Crippen LogP contribution in [-0.4, -0.2) is 14.5 Å². The van der Waals surface area contributed by atoms with Crippen LogP contribution in [-0.2, 0) is 0 Å². The molecule has 1 aliphatic carbocycles. The molecule has 0 amide bonds. The van der Waals surface area contributed by atoms with E-state index in [4.69, 9.17) is 5.73 Å². The van der Waals surface area contributed by atoms with E-state index in [0.717, 1.165) is 17.2 Å². The molecule has 1 aliphatic rings. The van der Waals surface area contributed by atoms with Gasteiger partial charge in [0.15, 0.2) is 0 Å². The zero-order valence-electron chi connectivity index (χ0n) is 12.0. The van der Waals surface area contributed by atoms with E-state index in [1.165, 1.54) is 32.1 Å². The van der Waals surface area contributed by atoms with Crippen LogP contribution < -0.4 is 5.73 Å². The van der Waals surface area contributed by atoms with Crippen LogP contribution in [0.5, 0.6) is 0 Å². The molecule has 1 saturated carbocycles. The Hall–Kier alpha value is -1.84. The molecule has 0 bridgehead atoms. The third kappa shape index (κ3) is 2.55. The van der Waals surface area contributed by atoms with Crippen molar-refractivity contribution in [1.82, 2.24) is 14.5 Å². The van der Waals surface area contributed by atoms with Crippen LogP contribution in [0.2, 0.25) is 0 Å². The number of pyridine rings is 1. The lowest BCUT2D eigenvalue weighted by molar-refractivity contribution is 0.265. The van der Waals surface area contributed by atoms with Crippen molar-refractivity contribution in [3.05, 3.63) is 30.9 Å². The maximum Gasteiger partial charge on any atom is 0.123 e. The van der Waals surface area contributed by atoms with E-state index in [-0.39, 0.29) is 0 Å². The van der Waals surface area contributed by atoms with E-state index < -0.39 is 0 Å². The monoisotopic (exact) mass is 270 g/mol. The summed E-state index contributed by atoms with van der Waals surface area (Å²) in [5.41, 5.74) is 8.02. The zero-order valence-corrected chi connectivity index (χ0v) is 12.0. The number of aromatic nitrogens is 3. The standard InChI is InChI=1S/C16H22N4/c1-12(13-5-3-2-4-6-13)20-11-18-10-15(20)14-7-8-19-16(17)9-14/h7-13H,2-6H2,1H3,(H2,17,19). The van der Waals surface area contributed by atoms with Crippen molar-refractivity contribution in [2.24, 2.45) is 5.92 Å². The summed E-state index contributed by atoms with van der Waals surface area (Å²) in [4.78, 5) is 8.41. The number of hydrogen-bond acceptors (Lipinski definition) is 3. The van der Waals surface area contributed by atoms with Crippen LogP contribution in [0.4, 0.5) is 5.82 Å². The summed E-state index contributed by atoms with van der Waals surface area (Å²) in [5, 5.41) is 0. The van der Waals surface area contributed by atoms with Gasteiger partial charge in [-0.2, -0.15) is 0 Å². The molecule has 1 atom stereocenters. The van der Waals surface area contributed by atoms with Crippen molar-refractivity contribution < 1.29 is 0 Å². The van der Waals surface area contributed by atoms with Crippen molar-refractivity contribution >= 4 is 5.82 Å². The van der Waals surface area contributed by atoms with Crippen LogP contribution in [0.3, 0.4) is 0 Å². The molecule has 3 rings (SSSR count). The maximum atomic E-state index is 5.79. The van der Waals surface area contributed by atoms with Gasteiger partial charge in [0.25, 0.3) is 0 Å². The van der Waals surface area contributed by atoms with Gasteiger partial charge in [0.1, 0.15) is 5.82 Å². The minimum Gasteiger partial charge on any atom is -0.384 e. The molecule has 4 nitrogen and oxygen atoms in total. The highest BCUT2D eigenvalue weighted by molar-refractivity contribution is 5.61. The van der Waals surface area contributed by atoms with Crippen molar-refractivity contribution in [1.29, 1.82) is 0 Å². The predicted octanol–water partition coefficient (Wildman–Crippen LogP) is 3.67. The first kappa shape index (κ1) is 13.2. The van der Waals surface area contributed by atoms with Crippen LogP contribution in [0.25, 0.3) is 11.3 Å². The van der Waals surface area contributed by atoms with Gasteiger partial charge in [0.05, 0.1) is 18.2 Å². The van der Waals surface area contributed by atoms with Crippen LogP contribution in [0.1, 0.15) is 45.1 Å². The second-order valence-corrected chi connectivity index (χ2v) is 5.79. The molecule has 1 fully saturated rings. The maximum absolute atomic E-state index is 5.79. The second kappa shape index (κ2) is 5.65. The quantitative estimate of drug-likeness (QED) is 0.925. The molecule has 0 spiro atoms. The van der Waals surface area contributed by atoms with E-state index in [9.17, 15) is 0 Å². The minimum absolute atomic E-state index is 0.488. The van der Waals surface area contributed by atoms with Gasteiger partial charge in [-0.05, 0) is 37.8 Å². The van der Waals surface area contributed by atoms with E-state index in [2.05, 4.69) is 21.5 Å². The van der Waals surface area contributed by atoms with E-state index in [1.54, 1.807) is 6.20 Å². The normalized spacial score (nSPS) is 18.1. The Labute approximate surface area is 120 Å². The molecule has 2 aromatic heterocycles. The van der Waals surface area contributed by atoms with Crippen molar-refractivity contribution in [3.8, 4) is 11.3 Å². The fourth-order valence-electron chi connectivity index (χ4n) is 3.30. The van der Waals surface area contributed by atoms with Gasteiger partial charge in [-0.25, -0.2) is 9.97 Å². The lowest BCUT2D eigenvalue weighted by Gasteiger charge is -2.29. The summed E-state index contributed by atoms with van der Waals surface area (Å²) in [6.45, 7) is 2.31. The SMILES string of the molecule is CC(C1CCCCC1)n1cncc1-c1ccnc(N)c1. The number of anilines is 1. The zero-order chi connectivity index (χ0) is 13.9. The molecule has 0 radical (unpaired) electrons. The third-order valence-electron chi connectivity index (χ3n) is 4.51. The average Bonchev–Trinajstić information content (AvgIpc) is 2.97. The largest absolute Gasteiger partial charge is 0.384 e. The lowest BCUT2D eigenvalue weighted by Crippen LogP contribution is -2.19. The summed E-state index contributed by atoms with van der Waals surface area (Å²) in [7, 11) is 0. The van der Waals surface area contributed by atoms with Crippen LogP contribution in [0.15, 0.2) is 30.9 Å². The average molecular weight is 270 g/mol. The van der Waals surface area contributed by atoms with Crippen molar-refractivity contribution in [3.63, 3.8) is 0 Å². The Bertz CT molecular complexity index is 569. The van der Waals surface area contributed by atoms with E-state index >= 15 is 0 Å². The number of rotatable bonds is 3. The number of nitrogens with zero attached hydrogens (tertiary/aromatic N) is 3. The highest BCUT2D eigenvalue weighted by Gasteiger charge is 2.23. The highest BCUT2D eigenvalue weighted by Crippen LogP contribution is 2.35. The number of nitrogen functional groups attached to an aromatic ring is 1. The Kier molecular flexibility index (Phi) is 3.72. The van der Waals surface area contributed by atoms with E-state index in [1.807, 2.05) is 24.7 Å². The molecule has 0 saturated heterocycles. The first-order chi connectivity index (χ1) is 9.75. The molecule has 4 heteroatoms. The molecule has 2 aromatic rings.